The molecule has 2 fully saturated rings. The number of aromatic amines is 1. The lowest BCUT2D eigenvalue weighted by Gasteiger charge is -2.22. The summed E-state index contributed by atoms with van der Waals surface area (Å²) in [5.41, 5.74) is 2.29. The van der Waals surface area contributed by atoms with E-state index in [1.807, 2.05) is 19.3 Å². The smallest absolute Gasteiger partial charge is 0.193 e. The molecule has 0 amide bonds. The van der Waals surface area contributed by atoms with Crippen molar-refractivity contribution in [3.8, 4) is 0 Å². The van der Waals surface area contributed by atoms with Crippen molar-refractivity contribution in [3.05, 3.63) is 30.1 Å². The van der Waals surface area contributed by atoms with Crippen LogP contribution in [0.3, 0.4) is 0 Å². The molecular weight excluding hydrogens is 425 g/mol. The molecule has 2 aromatic rings. The van der Waals surface area contributed by atoms with Crippen LogP contribution < -0.4 is 5.32 Å². The Morgan fingerprint density at radius 1 is 1.32 bits per heavy atom. The van der Waals surface area contributed by atoms with Gasteiger partial charge in [-0.05, 0) is 48.8 Å². The fourth-order valence-electron chi connectivity index (χ4n) is 4.44. The maximum Gasteiger partial charge on any atom is 0.193 e. The van der Waals surface area contributed by atoms with Gasteiger partial charge in [-0.1, -0.05) is 12.8 Å². The predicted octanol–water partition coefficient (Wildman–Crippen LogP) is 3.42. The first-order chi connectivity index (χ1) is 11.8. The van der Waals surface area contributed by atoms with E-state index >= 15 is 0 Å². The van der Waals surface area contributed by atoms with Gasteiger partial charge in [0.25, 0.3) is 0 Å². The number of pyridine rings is 1. The highest BCUT2D eigenvalue weighted by Gasteiger charge is 2.35. The van der Waals surface area contributed by atoms with Crippen molar-refractivity contribution in [2.45, 2.75) is 32.1 Å². The zero-order chi connectivity index (χ0) is 16.4. The number of aliphatic imine (C=N–C) groups is 1. The van der Waals surface area contributed by atoms with Crippen LogP contribution in [0, 0.1) is 11.8 Å². The van der Waals surface area contributed by atoms with Gasteiger partial charge in [0, 0.05) is 44.5 Å². The lowest BCUT2D eigenvalue weighted by atomic mass is 9.82. The van der Waals surface area contributed by atoms with E-state index in [2.05, 4.69) is 37.4 Å². The van der Waals surface area contributed by atoms with Crippen molar-refractivity contribution < 1.29 is 0 Å². The highest BCUT2D eigenvalue weighted by atomic mass is 127. The lowest BCUT2D eigenvalue weighted by Crippen LogP contribution is -2.41. The molecule has 4 rings (SSSR count). The van der Waals surface area contributed by atoms with Crippen LogP contribution in [0.25, 0.3) is 11.0 Å². The van der Waals surface area contributed by atoms with Gasteiger partial charge in [0.1, 0.15) is 5.65 Å². The minimum Gasteiger partial charge on any atom is -0.356 e. The summed E-state index contributed by atoms with van der Waals surface area (Å²) in [6.07, 6.45) is 10.5. The number of likely N-dealkylation sites (tertiary alicyclic amines) is 1. The molecule has 1 saturated carbocycles. The summed E-state index contributed by atoms with van der Waals surface area (Å²) in [5.74, 6) is 2.84. The van der Waals surface area contributed by atoms with Gasteiger partial charge in [-0.2, -0.15) is 0 Å². The molecule has 0 spiro atoms. The van der Waals surface area contributed by atoms with Gasteiger partial charge in [0.05, 0.1) is 0 Å². The van der Waals surface area contributed by atoms with Crippen molar-refractivity contribution in [1.29, 1.82) is 0 Å². The molecule has 2 aromatic heterocycles. The fraction of sp³-hybridized carbons (Fsp3) is 0.579. The van der Waals surface area contributed by atoms with E-state index in [9.17, 15) is 0 Å². The van der Waals surface area contributed by atoms with Gasteiger partial charge in [0.15, 0.2) is 5.96 Å². The van der Waals surface area contributed by atoms with Crippen LogP contribution in [0.2, 0.25) is 0 Å². The molecular formula is C19H28IN5. The molecule has 2 N–H and O–H groups in total. The number of guanidine groups is 1. The van der Waals surface area contributed by atoms with E-state index in [-0.39, 0.29) is 24.0 Å². The lowest BCUT2D eigenvalue weighted by molar-refractivity contribution is 0.299. The number of H-pyrrole nitrogens is 1. The SMILES string of the molecule is CN=C(NCCc1c[nH]c2ncccc12)N1CC2CCCCC2C1.I. The molecule has 5 nitrogen and oxygen atoms in total. The summed E-state index contributed by atoms with van der Waals surface area (Å²) in [6, 6.07) is 4.13. The van der Waals surface area contributed by atoms with Gasteiger partial charge in [0.2, 0.25) is 0 Å². The summed E-state index contributed by atoms with van der Waals surface area (Å²) in [6.45, 7) is 3.27. The van der Waals surface area contributed by atoms with Crippen LogP contribution in [0.1, 0.15) is 31.2 Å². The van der Waals surface area contributed by atoms with Crippen LogP contribution in [-0.4, -0.2) is 47.5 Å². The minimum absolute atomic E-state index is 0. The van der Waals surface area contributed by atoms with E-state index in [4.69, 9.17) is 0 Å². The fourth-order valence-corrected chi connectivity index (χ4v) is 4.44. The van der Waals surface area contributed by atoms with Gasteiger partial charge in [-0.3, -0.25) is 4.99 Å². The zero-order valence-electron chi connectivity index (χ0n) is 14.9. The van der Waals surface area contributed by atoms with Crippen molar-refractivity contribution in [2.75, 3.05) is 26.7 Å². The highest BCUT2D eigenvalue weighted by Crippen LogP contribution is 2.35. The Bertz CT molecular complexity index is 711. The quantitative estimate of drug-likeness (QED) is 0.426. The Hall–Kier alpha value is -1.31. The molecule has 1 saturated heterocycles. The van der Waals surface area contributed by atoms with E-state index in [1.54, 1.807) is 0 Å². The molecule has 2 unspecified atom stereocenters. The number of nitrogens with zero attached hydrogens (tertiary/aromatic N) is 3. The van der Waals surface area contributed by atoms with E-state index in [1.165, 1.54) is 49.7 Å². The van der Waals surface area contributed by atoms with Gasteiger partial charge in [-0.25, -0.2) is 4.98 Å². The van der Waals surface area contributed by atoms with Crippen LogP contribution >= 0.6 is 24.0 Å². The standard InChI is InChI=1S/C19H27N5.HI/c1-20-19(24-12-15-5-2-3-6-16(15)13-24)22-10-8-14-11-23-18-17(14)7-4-9-21-18;/h4,7,9,11,15-16H,2-3,5-6,8,10,12-13H2,1H3,(H,20,22)(H,21,23);1H. The normalized spacial score (nSPS) is 23.4. The third-order valence-corrected chi connectivity index (χ3v) is 5.70. The number of fused-ring (bicyclic) bond motifs is 2. The van der Waals surface area contributed by atoms with Crippen molar-refractivity contribution in [3.63, 3.8) is 0 Å². The first-order valence-electron chi connectivity index (χ1n) is 9.21. The Balaban J connectivity index is 0.00000182. The molecule has 136 valence electrons. The van der Waals surface area contributed by atoms with Crippen molar-refractivity contribution in [2.24, 2.45) is 16.8 Å². The van der Waals surface area contributed by atoms with Crippen LogP contribution in [0.4, 0.5) is 0 Å². The Morgan fingerprint density at radius 3 is 2.80 bits per heavy atom. The van der Waals surface area contributed by atoms with E-state index in [0.717, 1.165) is 36.4 Å². The first-order valence-corrected chi connectivity index (χ1v) is 9.21. The summed E-state index contributed by atoms with van der Waals surface area (Å²) in [4.78, 5) is 14.6. The largest absolute Gasteiger partial charge is 0.356 e. The second-order valence-corrected chi connectivity index (χ2v) is 7.15. The number of rotatable bonds is 3. The highest BCUT2D eigenvalue weighted by molar-refractivity contribution is 14.0. The third-order valence-electron chi connectivity index (χ3n) is 5.70. The Labute approximate surface area is 166 Å². The maximum atomic E-state index is 4.52. The molecule has 6 heteroatoms. The maximum absolute atomic E-state index is 4.52. The second kappa shape index (κ2) is 8.38. The molecule has 1 aliphatic carbocycles. The third kappa shape index (κ3) is 3.93. The molecule has 25 heavy (non-hydrogen) atoms. The number of nitrogens with one attached hydrogen (secondary N) is 2. The molecule has 2 atom stereocenters. The summed E-state index contributed by atoms with van der Waals surface area (Å²) >= 11 is 0. The Morgan fingerprint density at radius 2 is 2.08 bits per heavy atom. The minimum atomic E-state index is 0. The van der Waals surface area contributed by atoms with Gasteiger partial charge >= 0.3 is 0 Å². The van der Waals surface area contributed by atoms with E-state index in [0.29, 0.717) is 0 Å². The average molecular weight is 453 g/mol. The number of hydrogen-bond acceptors (Lipinski definition) is 2. The molecule has 0 radical (unpaired) electrons. The van der Waals surface area contributed by atoms with Crippen molar-refractivity contribution >= 4 is 41.0 Å². The number of hydrogen-bond donors (Lipinski definition) is 2. The van der Waals surface area contributed by atoms with Crippen LogP contribution in [0.5, 0.6) is 0 Å². The summed E-state index contributed by atoms with van der Waals surface area (Å²) in [5, 5.41) is 4.79. The molecule has 0 aromatic carbocycles. The number of halogens is 1. The molecule has 1 aliphatic heterocycles. The summed E-state index contributed by atoms with van der Waals surface area (Å²) in [7, 11) is 1.90. The molecule has 3 heterocycles. The zero-order valence-corrected chi connectivity index (χ0v) is 17.2. The van der Waals surface area contributed by atoms with Crippen LogP contribution in [-0.2, 0) is 6.42 Å². The van der Waals surface area contributed by atoms with Crippen molar-refractivity contribution in [1.82, 2.24) is 20.2 Å². The number of aromatic nitrogens is 2. The second-order valence-electron chi connectivity index (χ2n) is 7.15. The first kappa shape index (κ1) is 18.5. The van der Waals surface area contributed by atoms with E-state index < -0.39 is 0 Å². The molecule has 0 bridgehead atoms. The monoisotopic (exact) mass is 453 g/mol. The van der Waals surface area contributed by atoms with Gasteiger partial charge < -0.3 is 15.2 Å². The Kier molecular flexibility index (Phi) is 6.19. The molecule has 2 aliphatic rings. The topological polar surface area (TPSA) is 56.3 Å². The van der Waals surface area contributed by atoms with Crippen LogP contribution in [0.15, 0.2) is 29.5 Å². The average Bonchev–Trinajstić information content (AvgIpc) is 3.23. The predicted molar refractivity (Wildman–Crippen MR) is 114 cm³/mol. The van der Waals surface area contributed by atoms with Gasteiger partial charge in [-0.15, -0.1) is 24.0 Å². The summed E-state index contributed by atoms with van der Waals surface area (Å²) < 4.78 is 0.